The molecule has 3 N–H and O–H groups in total. The lowest BCUT2D eigenvalue weighted by molar-refractivity contribution is 0.0981. The van der Waals surface area contributed by atoms with Crippen LogP contribution in [0.1, 0.15) is 57.8 Å². The van der Waals surface area contributed by atoms with Crippen LogP contribution in [0, 0.1) is 17.7 Å². The molecule has 3 heterocycles. The predicted octanol–water partition coefficient (Wildman–Crippen LogP) is 5.03. The van der Waals surface area contributed by atoms with Crippen molar-refractivity contribution in [3.63, 3.8) is 0 Å². The van der Waals surface area contributed by atoms with Gasteiger partial charge >= 0.3 is 0 Å². The highest BCUT2D eigenvalue weighted by Gasteiger charge is 2.40. The Morgan fingerprint density at radius 3 is 2.60 bits per heavy atom. The van der Waals surface area contributed by atoms with E-state index in [4.69, 9.17) is 15.5 Å². The Morgan fingerprint density at radius 1 is 1.20 bits per heavy atom. The van der Waals surface area contributed by atoms with Crippen LogP contribution in [0.2, 0.25) is 0 Å². The van der Waals surface area contributed by atoms with Crippen LogP contribution in [-0.4, -0.2) is 43.0 Å². The van der Waals surface area contributed by atoms with Gasteiger partial charge in [-0.15, -0.1) is 0 Å². The first-order valence-electron chi connectivity index (χ1n) is 13.3. The molecule has 1 aliphatic heterocycles. The molecule has 1 atom stereocenters. The standard InChI is InChI=1S/C29H36FN5O4S/c1-6-19-15-29(4,5)35(16-19)27-23(28(36)34-40(37,38)26-9-7-8-25(31)33-26)10-11-24(32-27)20-12-21(30)14-22(13-20)39-17-18(2)3/h7-14,18-19H,6,15-17H2,1-5H3,(H2,31,33)(H,34,36). The molecule has 1 amide bonds. The number of nitrogens with two attached hydrogens (primary N) is 1. The van der Waals surface area contributed by atoms with E-state index >= 15 is 0 Å². The number of amides is 1. The van der Waals surface area contributed by atoms with E-state index < -0.39 is 21.7 Å². The van der Waals surface area contributed by atoms with Crippen molar-refractivity contribution >= 4 is 27.6 Å². The van der Waals surface area contributed by atoms with Gasteiger partial charge < -0.3 is 15.4 Å². The van der Waals surface area contributed by atoms with E-state index in [0.717, 1.165) is 12.8 Å². The number of pyridine rings is 2. The molecule has 0 bridgehead atoms. The minimum atomic E-state index is -4.30. The Hall–Kier alpha value is -3.73. The molecular weight excluding hydrogens is 533 g/mol. The maximum atomic E-state index is 14.6. The average Bonchev–Trinajstić information content (AvgIpc) is 3.20. The zero-order chi connectivity index (χ0) is 29.2. The number of nitrogens with one attached hydrogen (secondary N) is 1. The molecule has 40 heavy (non-hydrogen) atoms. The Bertz CT molecular complexity index is 1510. The average molecular weight is 570 g/mol. The lowest BCUT2D eigenvalue weighted by Crippen LogP contribution is -2.41. The van der Waals surface area contributed by atoms with Gasteiger partial charge in [-0.25, -0.2) is 19.1 Å². The van der Waals surface area contributed by atoms with Crippen molar-refractivity contribution in [2.24, 2.45) is 11.8 Å². The Labute approximate surface area is 235 Å². The molecule has 11 heteroatoms. The van der Waals surface area contributed by atoms with E-state index in [0.29, 0.717) is 41.9 Å². The van der Waals surface area contributed by atoms with Gasteiger partial charge in [-0.3, -0.25) is 4.79 Å². The van der Waals surface area contributed by atoms with Gasteiger partial charge in [0.15, 0.2) is 5.03 Å². The fraction of sp³-hybridized carbons (Fsp3) is 0.414. The number of carbonyl (C=O) groups excluding carboxylic acids is 1. The lowest BCUT2D eigenvalue weighted by atomic mass is 9.95. The Morgan fingerprint density at radius 2 is 1.95 bits per heavy atom. The SMILES string of the molecule is CCC1CN(c2nc(-c3cc(F)cc(OCC(C)C)c3)ccc2C(=O)NS(=O)(=O)c2cccc(N)n2)C(C)(C)C1. The molecule has 0 aliphatic carbocycles. The number of aromatic nitrogens is 2. The van der Waals surface area contributed by atoms with Crippen molar-refractivity contribution in [1.82, 2.24) is 14.7 Å². The van der Waals surface area contributed by atoms with Crippen LogP contribution in [0.3, 0.4) is 0 Å². The van der Waals surface area contributed by atoms with Crippen molar-refractivity contribution in [3.05, 3.63) is 59.9 Å². The summed E-state index contributed by atoms with van der Waals surface area (Å²) in [5.74, 6) is 0.00344. The summed E-state index contributed by atoms with van der Waals surface area (Å²) >= 11 is 0. The second kappa shape index (κ2) is 11.4. The molecule has 2 aromatic heterocycles. The number of sulfonamides is 1. The number of halogens is 1. The van der Waals surface area contributed by atoms with E-state index in [1.165, 1.54) is 36.4 Å². The summed E-state index contributed by atoms with van der Waals surface area (Å²) in [7, 11) is -4.30. The normalized spacial score (nSPS) is 16.8. The van der Waals surface area contributed by atoms with E-state index in [1.54, 1.807) is 12.1 Å². The molecule has 3 aromatic rings. The van der Waals surface area contributed by atoms with Gasteiger partial charge in [0.2, 0.25) is 0 Å². The molecule has 1 unspecified atom stereocenters. The van der Waals surface area contributed by atoms with Crippen molar-refractivity contribution in [2.75, 3.05) is 23.8 Å². The van der Waals surface area contributed by atoms with E-state index in [2.05, 4.69) is 30.5 Å². The number of nitrogen functional groups attached to an aromatic ring is 1. The third-order valence-electron chi connectivity index (χ3n) is 6.91. The monoisotopic (exact) mass is 569 g/mol. The van der Waals surface area contributed by atoms with Crippen LogP contribution in [0.25, 0.3) is 11.3 Å². The first-order valence-corrected chi connectivity index (χ1v) is 14.8. The van der Waals surface area contributed by atoms with Crippen molar-refractivity contribution in [1.29, 1.82) is 0 Å². The third kappa shape index (κ3) is 6.52. The molecular formula is C29H36FN5O4S. The minimum absolute atomic E-state index is 0.0123. The minimum Gasteiger partial charge on any atom is -0.493 e. The maximum absolute atomic E-state index is 14.6. The molecule has 214 valence electrons. The molecule has 0 radical (unpaired) electrons. The third-order valence-corrected chi connectivity index (χ3v) is 8.14. The van der Waals surface area contributed by atoms with Crippen molar-refractivity contribution < 1.29 is 22.3 Å². The van der Waals surface area contributed by atoms with Crippen LogP contribution >= 0.6 is 0 Å². The largest absolute Gasteiger partial charge is 0.493 e. The lowest BCUT2D eigenvalue weighted by Gasteiger charge is -2.34. The molecule has 9 nitrogen and oxygen atoms in total. The van der Waals surface area contributed by atoms with Crippen LogP contribution in [0.4, 0.5) is 16.0 Å². The summed E-state index contributed by atoms with van der Waals surface area (Å²) in [6.45, 7) is 11.3. The van der Waals surface area contributed by atoms with Gasteiger partial charge in [0, 0.05) is 23.7 Å². The van der Waals surface area contributed by atoms with Gasteiger partial charge in [-0.1, -0.05) is 33.3 Å². The first-order chi connectivity index (χ1) is 18.8. The van der Waals surface area contributed by atoms with Gasteiger partial charge in [-0.2, -0.15) is 8.42 Å². The summed E-state index contributed by atoms with van der Waals surface area (Å²) in [4.78, 5) is 24.1. The number of rotatable bonds is 9. The first kappa shape index (κ1) is 29.3. The van der Waals surface area contributed by atoms with Crippen molar-refractivity contribution in [3.8, 4) is 17.0 Å². The zero-order valence-electron chi connectivity index (χ0n) is 23.4. The summed E-state index contributed by atoms with van der Waals surface area (Å²) in [6.07, 6.45) is 1.81. The molecule has 1 aliphatic rings. The second-order valence-corrected chi connectivity index (χ2v) is 12.8. The fourth-order valence-corrected chi connectivity index (χ4v) is 5.83. The van der Waals surface area contributed by atoms with E-state index in [1.807, 2.05) is 18.7 Å². The predicted molar refractivity (Wildman–Crippen MR) is 153 cm³/mol. The van der Waals surface area contributed by atoms with Crippen LogP contribution < -0.4 is 20.1 Å². The quantitative estimate of drug-likeness (QED) is 0.367. The topological polar surface area (TPSA) is 128 Å². The highest BCUT2D eigenvalue weighted by atomic mass is 32.2. The van der Waals surface area contributed by atoms with Crippen LogP contribution in [-0.2, 0) is 10.0 Å². The van der Waals surface area contributed by atoms with E-state index in [-0.39, 0.29) is 27.9 Å². The molecule has 1 aromatic carbocycles. The van der Waals surface area contributed by atoms with E-state index in [9.17, 15) is 17.6 Å². The molecule has 0 saturated carbocycles. The highest BCUT2D eigenvalue weighted by Crippen LogP contribution is 2.40. The molecule has 1 fully saturated rings. The van der Waals surface area contributed by atoms with Gasteiger partial charge in [0.25, 0.3) is 15.9 Å². The number of benzene rings is 1. The maximum Gasteiger partial charge on any atom is 0.281 e. The molecule has 1 saturated heterocycles. The van der Waals surface area contributed by atoms with Crippen LogP contribution in [0.15, 0.2) is 53.6 Å². The highest BCUT2D eigenvalue weighted by molar-refractivity contribution is 7.90. The van der Waals surface area contributed by atoms with Crippen LogP contribution in [0.5, 0.6) is 5.75 Å². The number of hydrogen-bond donors (Lipinski definition) is 2. The molecule has 4 rings (SSSR count). The van der Waals surface area contributed by atoms with Crippen molar-refractivity contribution in [2.45, 2.75) is 58.0 Å². The van der Waals surface area contributed by atoms with Gasteiger partial charge in [0.05, 0.1) is 17.9 Å². The Balaban J connectivity index is 1.77. The summed E-state index contributed by atoms with van der Waals surface area (Å²) < 4.78 is 48.3. The van der Waals surface area contributed by atoms with Gasteiger partial charge in [0.1, 0.15) is 23.2 Å². The fourth-order valence-electron chi connectivity index (χ4n) is 4.89. The summed E-state index contributed by atoms with van der Waals surface area (Å²) in [5.41, 5.74) is 6.27. The second-order valence-electron chi connectivity index (χ2n) is 11.2. The number of carbonyl (C=O) groups is 1. The number of nitrogens with zero attached hydrogens (tertiary/aromatic N) is 3. The smallest absolute Gasteiger partial charge is 0.281 e. The summed E-state index contributed by atoms with van der Waals surface area (Å²) in [5, 5.41) is -0.367. The summed E-state index contributed by atoms with van der Waals surface area (Å²) in [6, 6.07) is 11.6. The Kier molecular flexibility index (Phi) is 8.34. The number of ether oxygens (including phenoxy) is 1. The molecule has 0 spiro atoms. The zero-order valence-corrected chi connectivity index (χ0v) is 24.3. The van der Waals surface area contributed by atoms with Gasteiger partial charge in [-0.05, 0) is 68.5 Å². The number of anilines is 2. The number of hydrogen-bond acceptors (Lipinski definition) is 8.